The van der Waals surface area contributed by atoms with Gasteiger partial charge in [-0.25, -0.2) is 0 Å². The van der Waals surface area contributed by atoms with Gasteiger partial charge < -0.3 is 4.90 Å². The molecule has 0 atom stereocenters. The zero-order valence-electron chi connectivity index (χ0n) is 27.6. The van der Waals surface area contributed by atoms with Gasteiger partial charge in [0.25, 0.3) is 0 Å². The van der Waals surface area contributed by atoms with E-state index in [9.17, 15) is 10.1 Å². The molecule has 0 spiro atoms. The maximum atomic E-state index is 14.2. The SMILES string of the molecule is CCCCN1/C(=C/C2=C(C(=C=N)C#N)C(=C/C3=[N+](CCCC)c4ccc(C)cc4C3(C)C)/C2=O)C(C)(C)c2cc(C)ccc21. The van der Waals surface area contributed by atoms with Crippen molar-refractivity contribution in [2.75, 3.05) is 18.0 Å². The first-order chi connectivity index (χ1) is 20.9. The number of anilines is 1. The highest BCUT2D eigenvalue weighted by Crippen LogP contribution is 2.50. The molecule has 2 aliphatic heterocycles. The van der Waals surface area contributed by atoms with Gasteiger partial charge in [-0.15, -0.1) is 0 Å². The lowest BCUT2D eigenvalue weighted by atomic mass is 9.73. The van der Waals surface area contributed by atoms with Gasteiger partial charge >= 0.3 is 0 Å². The number of carbonyl (C=O) groups excluding carboxylic acids is 1. The maximum absolute atomic E-state index is 14.2. The van der Waals surface area contributed by atoms with Crippen molar-refractivity contribution in [1.82, 2.24) is 0 Å². The number of benzene rings is 2. The molecule has 0 amide bonds. The number of hydrogen-bond donors (Lipinski definition) is 1. The molecule has 44 heavy (non-hydrogen) atoms. The van der Waals surface area contributed by atoms with Gasteiger partial charge in [0.1, 0.15) is 18.2 Å². The van der Waals surface area contributed by atoms with Crippen molar-refractivity contribution in [3.63, 3.8) is 0 Å². The molecular weight excluding hydrogens is 540 g/mol. The van der Waals surface area contributed by atoms with Crippen LogP contribution >= 0.6 is 0 Å². The quantitative estimate of drug-likeness (QED) is 0.139. The van der Waals surface area contributed by atoms with Gasteiger partial charge in [0.2, 0.25) is 5.69 Å². The molecule has 5 nitrogen and oxygen atoms in total. The minimum Gasteiger partial charge on any atom is -0.344 e. The predicted octanol–water partition coefficient (Wildman–Crippen LogP) is 8.47. The van der Waals surface area contributed by atoms with Crippen LogP contribution in [0.3, 0.4) is 0 Å². The Morgan fingerprint density at radius 3 is 2.25 bits per heavy atom. The van der Waals surface area contributed by atoms with Crippen molar-refractivity contribution < 1.29 is 9.37 Å². The number of hydrogen-bond acceptors (Lipinski definition) is 4. The summed E-state index contributed by atoms with van der Waals surface area (Å²) < 4.78 is 2.35. The molecule has 0 unspecified atom stereocenters. The second kappa shape index (κ2) is 11.7. The Hall–Kier alpha value is -4.26. The van der Waals surface area contributed by atoms with Crippen molar-refractivity contribution in [1.29, 1.82) is 10.7 Å². The number of nitriles is 1. The third-order valence-corrected chi connectivity index (χ3v) is 9.64. The zero-order chi connectivity index (χ0) is 32.0. The van der Waals surface area contributed by atoms with Crippen molar-refractivity contribution in [3.05, 3.63) is 98.8 Å². The molecule has 2 aromatic rings. The number of carbonyl (C=O) groups is 1. The fourth-order valence-corrected chi connectivity index (χ4v) is 7.03. The molecule has 0 bridgehead atoms. The Bertz CT molecular complexity index is 1780. The van der Waals surface area contributed by atoms with Crippen molar-refractivity contribution >= 4 is 28.7 Å². The van der Waals surface area contributed by atoms with Crippen LogP contribution in [0.5, 0.6) is 0 Å². The molecule has 0 saturated carbocycles. The van der Waals surface area contributed by atoms with E-state index in [-0.39, 0.29) is 22.2 Å². The predicted molar refractivity (Wildman–Crippen MR) is 180 cm³/mol. The fraction of sp³-hybridized carbons (Fsp3) is 0.410. The van der Waals surface area contributed by atoms with Gasteiger partial charge in [0.15, 0.2) is 11.5 Å². The molecule has 0 aromatic heterocycles. The molecule has 1 N–H and O–H groups in total. The van der Waals surface area contributed by atoms with E-state index in [4.69, 9.17) is 5.41 Å². The molecule has 0 fully saturated rings. The van der Waals surface area contributed by atoms with Crippen LogP contribution in [0.15, 0.2) is 76.5 Å². The summed E-state index contributed by atoms with van der Waals surface area (Å²) >= 11 is 0. The summed E-state index contributed by atoms with van der Waals surface area (Å²) in [6.45, 7) is 19.1. The van der Waals surface area contributed by atoms with E-state index in [1.165, 1.54) is 33.6 Å². The van der Waals surface area contributed by atoms with Crippen LogP contribution in [-0.4, -0.2) is 35.0 Å². The normalized spacial score (nSPS) is 19.7. The van der Waals surface area contributed by atoms with Gasteiger partial charge in [-0.2, -0.15) is 9.84 Å². The van der Waals surface area contributed by atoms with Gasteiger partial charge in [0.05, 0.1) is 5.41 Å². The molecule has 5 heteroatoms. The number of nitrogens with zero attached hydrogens (tertiary/aromatic N) is 3. The molecule has 0 radical (unpaired) electrons. The summed E-state index contributed by atoms with van der Waals surface area (Å²) in [6, 6.07) is 15.3. The molecule has 1 aliphatic carbocycles. The third kappa shape index (κ3) is 4.92. The van der Waals surface area contributed by atoms with Crippen molar-refractivity contribution in [3.8, 4) is 6.07 Å². The summed E-state index contributed by atoms with van der Waals surface area (Å²) in [7, 11) is 0. The number of ketones is 1. The number of nitrogens with one attached hydrogen (secondary N) is 1. The molecular formula is C39H45N4O+. The average Bonchev–Trinajstić information content (AvgIpc) is 3.33. The number of aryl methyl sites for hydroxylation is 2. The van der Waals surface area contributed by atoms with E-state index in [2.05, 4.69) is 113 Å². The third-order valence-electron chi connectivity index (χ3n) is 9.64. The lowest BCUT2D eigenvalue weighted by molar-refractivity contribution is -0.438. The van der Waals surface area contributed by atoms with Crippen LogP contribution < -0.4 is 4.90 Å². The molecule has 3 aliphatic rings. The Labute approximate surface area is 263 Å². The summed E-state index contributed by atoms with van der Waals surface area (Å²) in [6.07, 6.45) is 8.15. The molecule has 5 rings (SSSR count). The number of rotatable bonds is 9. The van der Waals surface area contributed by atoms with Gasteiger partial charge in [-0.05, 0) is 63.8 Å². The van der Waals surface area contributed by atoms with E-state index in [1.807, 2.05) is 12.2 Å². The monoisotopic (exact) mass is 585 g/mol. The second-order valence-corrected chi connectivity index (χ2v) is 13.5. The standard InChI is InChI=1S/C39H45N4O/c1-9-11-17-42-32-15-13-25(3)19-30(32)38(5,6)34(42)21-28-36(27(23-40)24-41)29(37(28)44)22-35-39(7,8)31-20-26(4)14-16-33(31)43(35)18-12-10-2/h13-16,19-22,40H,9-12,17-18H2,1-8H3/q+1. The second-order valence-electron chi connectivity index (χ2n) is 13.5. The minimum absolute atomic E-state index is 0.0836. The first-order valence-electron chi connectivity index (χ1n) is 16.0. The largest absolute Gasteiger partial charge is 0.344 e. The van der Waals surface area contributed by atoms with E-state index < -0.39 is 0 Å². The Morgan fingerprint density at radius 2 is 1.61 bits per heavy atom. The Kier molecular flexibility index (Phi) is 8.27. The summed E-state index contributed by atoms with van der Waals surface area (Å²) in [4.78, 5) is 16.5. The van der Waals surface area contributed by atoms with E-state index in [1.54, 1.807) is 0 Å². The number of unbranched alkanes of at least 4 members (excludes halogenated alkanes) is 2. The molecule has 2 aromatic carbocycles. The summed E-state index contributed by atoms with van der Waals surface area (Å²) in [5.41, 5.74) is 10.3. The van der Waals surface area contributed by atoms with Gasteiger partial charge in [-0.1, -0.05) is 69.9 Å². The summed E-state index contributed by atoms with van der Waals surface area (Å²) in [5.74, 6) is 2.27. The van der Waals surface area contributed by atoms with Crippen LogP contribution in [0.2, 0.25) is 0 Å². The highest BCUT2D eigenvalue weighted by Gasteiger charge is 2.47. The van der Waals surface area contributed by atoms with E-state index >= 15 is 0 Å². The van der Waals surface area contributed by atoms with Crippen LogP contribution in [-0.2, 0) is 15.6 Å². The van der Waals surface area contributed by atoms with E-state index in [0.29, 0.717) is 16.7 Å². The first kappa shape index (κ1) is 31.2. The summed E-state index contributed by atoms with van der Waals surface area (Å²) in [5, 5.41) is 18.1. The zero-order valence-corrected chi connectivity index (χ0v) is 27.6. The highest BCUT2D eigenvalue weighted by atomic mass is 16.1. The smallest absolute Gasteiger partial charge is 0.209 e. The highest BCUT2D eigenvalue weighted by molar-refractivity contribution is 6.27. The molecule has 226 valence electrons. The van der Waals surface area contributed by atoms with Crippen molar-refractivity contribution in [2.45, 2.75) is 91.9 Å². The Balaban J connectivity index is 1.71. The van der Waals surface area contributed by atoms with E-state index in [0.717, 1.165) is 50.2 Å². The van der Waals surface area contributed by atoms with Gasteiger partial charge in [-0.3, -0.25) is 10.2 Å². The Morgan fingerprint density at radius 1 is 0.955 bits per heavy atom. The van der Waals surface area contributed by atoms with Crippen LogP contribution in [0.4, 0.5) is 11.4 Å². The first-order valence-corrected chi connectivity index (χ1v) is 16.0. The van der Waals surface area contributed by atoms with Crippen LogP contribution in [0, 0.1) is 30.6 Å². The van der Waals surface area contributed by atoms with Crippen molar-refractivity contribution in [2.24, 2.45) is 0 Å². The molecule has 0 saturated heterocycles. The van der Waals surface area contributed by atoms with Crippen LogP contribution in [0.1, 0.15) is 89.5 Å². The minimum atomic E-state index is -0.327. The number of allylic oxidation sites excluding steroid dienone is 7. The topological polar surface area (TPSA) is 71.0 Å². The van der Waals surface area contributed by atoms with Crippen LogP contribution in [0.25, 0.3) is 0 Å². The number of fused-ring (bicyclic) bond motifs is 2. The fourth-order valence-electron chi connectivity index (χ4n) is 7.03. The molecule has 2 heterocycles. The maximum Gasteiger partial charge on any atom is 0.209 e. The average molecular weight is 586 g/mol. The lowest BCUT2D eigenvalue weighted by Crippen LogP contribution is -2.32. The lowest BCUT2D eigenvalue weighted by Gasteiger charge is -2.30. The van der Waals surface area contributed by atoms with Gasteiger partial charge in [0, 0.05) is 64.2 Å². The number of Topliss-reactive ketones (excluding diaryl/α,β-unsaturated/α-hetero) is 1.